The molecule has 2 aliphatic heterocycles. The molecule has 5 heteroatoms. The van der Waals surface area contributed by atoms with Crippen LogP contribution in [0.15, 0.2) is 18.2 Å². The zero-order valence-electron chi connectivity index (χ0n) is 12.3. The zero-order chi connectivity index (χ0) is 14.9. The number of carboxylic acid groups (broad SMARTS) is 1. The van der Waals surface area contributed by atoms with E-state index < -0.39 is 11.5 Å². The predicted molar refractivity (Wildman–Crippen MR) is 77.5 cm³/mol. The summed E-state index contributed by atoms with van der Waals surface area (Å²) >= 11 is 0. The van der Waals surface area contributed by atoms with Gasteiger partial charge in [-0.05, 0) is 43.5 Å². The maximum Gasteiger partial charge on any atom is 0.324 e. The van der Waals surface area contributed by atoms with Crippen molar-refractivity contribution in [1.82, 2.24) is 4.90 Å². The molecule has 2 aliphatic rings. The van der Waals surface area contributed by atoms with Crippen LogP contribution in [0.1, 0.15) is 38.2 Å². The van der Waals surface area contributed by atoms with Gasteiger partial charge in [0.15, 0.2) is 11.5 Å². The Morgan fingerprint density at radius 3 is 2.95 bits per heavy atom. The molecule has 1 aromatic carbocycles. The number of aliphatic carboxylic acids is 1. The van der Waals surface area contributed by atoms with E-state index in [2.05, 4.69) is 4.90 Å². The molecule has 1 aromatic rings. The molecule has 1 unspecified atom stereocenters. The number of benzene rings is 1. The fraction of sp³-hybridized carbons (Fsp3) is 0.562. The van der Waals surface area contributed by atoms with Crippen LogP contribution in [0.3, 0.4) is 0 Å². The average Bonchev–Trinajstić information content (AvgIpc) is 3.07. The van der Waals surface area contributed by atoms with Crippen molar-refractivity contribution in [1.29, 1.82) is 0 Å². The molecule has 2 heterocycles. The van der Waals surface area contributed by atoms with Crippen LogP contribution >= 0.6 is 0 Å². The molecule has 0 spiro atoms. The molecule has 0 aliphatic carbocycles. The van der Waals surface area contributed by atoms with Gasteiger partial charge in [0.05, 0.1) is 0 Å². The fourth-order valence-corrected chi connectivity index (χ4v) is 3.47. The molecule has 0 amide bonds. The Bertz CT molecular complexity index is 545. The van der Waals surface area contributed by atoms with Crippen LogP contribution < -0.4 is 9.47 Å². The summed E-state index contributed by atoms with van der Waals surface area (Å²) in [5.74, 6) is 0.823. The summed E-state index contributed by atoms with van der Waals surface area (Å²) in [4.78, 5) is 13.9. The summed E-state index contributed by atoms with van der Waals surface area (Å²) in [6, 6.07) is 5.85. The van der Waals surface area contributed by atoms with Gasteiger partial charge in [-0.3, -0.25) is 9.69 Å². The van der Waals surface area contributed by atoms with Gasteiger partial charge >= 0.3 is 5.97 Å². The van der Waals surface area contributed by atoms with Gasteiger partial charge < -0.3 is 14.6 Å². The van der Waals surface area contributed by atoms with E-state index in [0.29, 0.717) is 13.0 Å². The highest BCUT2D eigenvalue weighted by molar-refractivity contribution is 5.79. The third kappa shape index (κ3) is 2.46. The standard InChI is InChI=1S/C16H21NO4/c1-2-6-16(15(18)19)7-3-8-17(16)10-12-4-5-13-14(9-12)21-11-20-13/h4-5,9H,2-3,6-8,10-11H2,1H3,(H,18,19). The van der Waals surface area contributed by atoms with Crippen molar-refractivity contribution in [2.45, 2.75) is 44.7 Å². The molecule has 1 N–H and O–H groups in total. The van der Waals surface area contributed by atoms with Crippen LogP contribution in [0.2, 0.25) is 0 Å². The quantitative estimate of drug-likeness (QED) is 0.903. The maximum absolute atomic E-state index is 11.8. The van der Waals surface area contributed by atoms with E-state index in [1.54, 1.807) is 0 Å². The molecule has 0 saturated carbocycles. The molecule has 3 rings (SSSR count). The summed E-state index contributed by atoms with van der Waals surface area (Å²) in [7, 11) is 0. The van der Waals surface area contributed by atoms with Crippen molar-refractivity contribution in [3.8, 4) is 11.5 Å². The molecule has 1 saturated heterocycles. The smallest absolute Gasteiger partial charge is 0.324 e. The number of rotatable bonds is 5. The van der Waals surface area contributed by atoms with Gasteiger partial charge in [-0.15, -0.1) is 0 Å². The molecular weight excluding hydrogens is 270 g/mol. The molecular formula is C16H21NO4. The summed E-state index contributed by atoms with van der Waals surface area (Å²) < 4.78 is 10.7. The van der Waals surface area contributed by atoms with E-state index in [-0.39, 0.29) is 6.79 Å². The Hall–Kier alpha value is -1.75. The van der Waals surface area contributed by atoms with Crippen LogP contribution in [0.25, 0.3) is 0 Å². The van der Waals surface area contributed by atoms with Crippen LogP contribution in [0, 0.1) is 0 Å². The van der Waals surface area contributed by atoms with Gasteiger partial charge in [0.2, 0.25) is 6.79 Å². The van der Waals surface area contributed by atoms with Crippen molar-refractivity contribution in [2.75, 3.05) is 13.3 Å². The Balaban J connectivity index is 1.81. The Morgan fingerprint density at radius 1 is 1.38 bits per heavy atom. The highest BCUT2D eigenvalue weighted by Crippen LogP contribution is 2.37. The number of ether oxygens (including phenoxy) is 2. The minimum Gasteiger partial charge on any atom is -0.480 e. The summed E-state index contributed by atoms with van der Waals surface area (Å²) in [6.07, 6.45) is 3.26. The second kappa shape index (κ2) is 5.56. The number of carboxylic acids is 1. The van der Waals surface area contributed by atoms with E-state index in [1.165, 1.54) is 0 Å². The van der Waals surface area contributed by atoms with Crippen molar-refractivity contribution < 1.29 is 19.4 Å². The van der Waals surface area contributed by atoms with Gasteiger partial charge in [-0.1, -0.05) is 19.4 Å². The first-order valence-electron chi connectivity index (χ1n) is 7.53. The van der Waals surface area contributed by atoms with Gasteiger partial charge in [-0.25, -0.2) is 0 Å². The lowest BCUT2D eigenvalue weighted by Crippen LogP contribution is -2.49. The zero-order valence-corrected chi connectivity index (χ0v) is 12.3. The highest BCUT2D eigenvalue weighted by atomic mass is 16.7. The first-order valence-corrected chi connectivity index (χ1v) is 7.53. The third-order valence-electron chi connectivity index (χ3n) is 4.50. The number of likely N-dealkylation sites (tertiary alicyclic amines) is 1. The van der Waals surface area contributed by atoms with Crippen LogP contribution in [-0.4, -0.2) is 34.9 Å². The lowest BCUT2D eigenvalue weighted by atomic mass is 9.90. The molecule has 1 atom stereocenters. The Morgan fingerprint density at radius 2 is 2.19 bits per heavy atom. The van der Waals surface area contributed by atoms with Crippen molar-refractivity contribution >= 4 is 5.97 Å². The van der Waals surface area contributed by atoms with Crippen molar-refractivity contribution in [3.63, 3.8) is 0 Å². The molecule has 114 valence electrons. The molecule has 5 nitrogen and oxygen atoms in total. The van der Waals surface area contributed by atoms with Gasteiger partial charge in [-0.2, -0.15) is 0 Å². The molecule has 21 heavy (non-hydrogen) atoms. The minimum absolute atomic E-state index is 0.261. The first kappa shape index (κ1) is 14.2. The van der Waals surface area contributed by atoms with Crippen LogP contribution in [0.4, 0.5) is 0 Å². The lowest BCUT2D eigenvalue weighted by Gasteiger charge is -2.34. The predicted octanol–water partition coefficient (Wildman–Crippen LogP) is 2.63. The second-order valence-electron chi connectivity index (χ2n) is 5.80. The molecule has 1 fully saturated rings. The van der Waals surface area contributed by atoms with E-state index in [4.69, 9.17) is 9.47 Å². The average molecular weight is 291 g/mol. The van der Waals surface area contributed by atoms with E-state index >= 15 is 0 Å². The number of fused-ring (bicyclic) bond motifs is 1. The highest BCUT2D eigenvalue weighted by Gasteiger charge is 2.46. The Kier molecular flexibility index (Phi) is 3.76. The van der Waals surface area contributed by atoms with E-state index in [1.807, 2.05) is 25.1 Å². The van der Waals surface area contributed by atoms with Crippen molar-refractivity contribution in [3.05, 3.63) is 23.8 Å². The van der Waals surface area contributed by atoms with E-state index in [9.17, 15) is 9.90 Å². The number of hydrogen-bond donors (Lipinski definition) is 1. The van der Waals surface area contributed by atoms with Gasteiger partial charge in [0.25, 0.3) is 0 Å². The van der Waals surface area contributed by atoms with Gasteiger partial charge in [0, 0.05) is 6.54 Å². The maximum atomic E-state index is 11.8. The normalized spacial score (nSPS) is 24.4. The SMILES string of the molecule is CCCC1(C(=O)O)CCCN1Cc1ccc2c(c1)OCO2. The topological polar surface area (TPSA) is 59.0 Å². The summed E-state index contributed by atoms with van der Waals surface area (Å²) in [6.45, 7) is 3.78. The Labute approximate surface area is 124 Å². The lowest BCUT2D eigenvalue weighted by molar-refractivity contribution is -0.150. The molecule has 0 bridgehead atoms. The second-order valence-corrected chi connectivity index (χ2v) is 5.80. The van der Waals surface area contributed by atoms with E-state index in [0.717, 1.165) is 42.9 Å². The summed E-state index contributed by atoms with van der Waals surface area (Å²) in [5, 5.41) is 9.71. The number of hydrogen-bond acceptors (Lipinski definition) is 4. The largest absolute Gasteiger partial charge is 0.480 e. The fourth-order valence-electron chi connectivity index (χ4n) is 3.47. The monoisotopic (exact) mass is 291 g/mol. The minimum atomic E-state index is -0.703. The van der Waals surface area contributed by atoms with Gasteiger partial charge in [0.1, 0.15) is 5.54 Å². The number of nitrogens with zero attached hydrogens (tertiary/aromatic N) is 1. The van der Waals surface area contributed by atoms with Crippen LogP contribution in [0.5, 0.6) is 11.5 Å². The van der Waals surface area contributed by atoms with Crippen LogP contribution in [-0.2, 0) is 11.3 Å². The third-order valence-corrected chi connectivity index (χ3v) is 4.50. The first-order chi connectivity index (χ1) is 10.2. The number of carbonyl (C=O) groups is 1. The summed E-state index contributed by atoms with van der Waals surface area (Å²) in [5.41, 5.74) is 0.369. The molecule has 0 radical (unpaired) electrons. The molecule has 0 aromatic heterocycles. The van der Waals surface area contributed by atoms with Crippen molar-refractivity contribution in [2.24, 2.45) is 0 Å².